The van der Waals surface area contributed by atoms with E-state index < -0.39 is 0 Å². The van der Waals surface area contributed by atoms with Gasteiger partial charge >= 0.3 is 0 Å². The van der Waals surface area contributed by atoms with Gasteiger partial charge in [-0.05, 0) is 37.6 Å². The monoisotopic (exact) mass is 357 g/mol. The zero-order valence-corrected chi connectivity index (χ0v) is 15.3. The predicted molar refractivity (Wildman–Crippen MR) is 98.6 cm³/mol. The van der Waals surface area contributed by atoms with Gasteiger partial charge in [0.05, 0.1) is 23.6 Å². The molecule has 0 amide bonds. The zero-order chi connectivity index (χ0) is 17.2. The first-order valence-electron chi connectivity index (χ1n) is 8.88. The Kier molecular flexibility index (Phi) is 4.85. The summed E-state index contributed by atoms with van der Waals surface area (Å²) in [5.74, 6) is 2.01. The number of thioether (sulfide) groups is 1. The number of hydrogen-bond donors (Lipinski definition) is 0. The molecule has 0 bridgehead atoms. The van der Waals surface area contributed by atoms with Crippen LogP contribution >= 0.6 is 11.8 Å². The number of fused-ring (bicyclic) bond motifs is 1. The highest BCUT2D eigenvalue weighted by Gasteiger charge is 2.26. The van der Waals surface area contributed by atoms with Crippen LogP contribution in [0.25, 0.3) is 0 Å². The van der Waals surface area contributed by atoms with E-state index >= 15 is 0 Å². The largest absolute Gasteiger partial charge is 0.293 e. The van der Waals surface area contributed by atoms with Crippen molar-refractivity contribution in [3.63, 3.8) is 0 Å². The fraction of sp³-hybridized carbons (Fsp3) is 0.556. The Hall–Kier alpha value is -1.73. The Balaban J connectivity index is 1.50. The predicted octanol–water partition coefficient (Wildman–Crippen LogP) is 1.80. The Morgan fingerprint density at radius 2 is 2.28 bits per heavy atom. The molecule has 2 aliphatic rings. The lowest BCUT2D eigenvalue weighted by molar-refractivity contribution is 0.213. The van der Waals surface area contributed by atoms with Crippen LogP contribution < -0.4 is 5.56 Å². The summed E-state index contributed by atoms with van der Waals surface area (Å²) in [6, 6.07) is 2.13. The van der Waals surface area contributed by atoms with E-state index in [4.69, 9.17) is 0 Å². The molecule has 132 valence electrons. The van der Waals surface area contributed by atoms with Crippen LogP contribution in [0.3, 0.4) is 0 Å². The SMILES string of the molecule is Cc1cncc(CN2CCCC2Cn2nc3c(cc2=O)CSCC3)n1. The average molecular weight is 357 g/mol. The lowest BCUT2D eigenvalue weighted by atomic mass is 10.2. The first kappa shape index (κ1) is 16.7. The van der Waals surface area contributed by atoms with Gasteiger partial charge in [-0.25, -0.2) is 4.68 Å². The van der Waals surface area contributed by atoms with Crippen molar-refractivity contribution < 1.29 is 0 Å². The van der Waals surface area contributed by atoms with Gasteiger partial charge in [-0.1, -0.05) is 0 Å². The molecule has 0 spiro atoms. The second-order valence-electron chi connectivity index (χ2n) is 6.86. The standard InChI is InChI=1S/C18H23N5OS/c1-13-8-19-9-15(20-13)10-22-5-2-3-16(22)11-23-18(24)7-14-12-25-6-4-17(14)21-23/h7-9,16H,2-6,10-12H2,1H3. The quantitative estimate of drug-likeness (QED) is 0.831. The summed E-state index contributed by atoms with van der Waals surface area (Å²) in [6.07, 6.45) is 6.83. The molecule has 0 saturated carbocycles. The van der Waals surface area contributed by atoms with Gasteiger partial charge < -0.3 is 0 Å². The molecular weight excluding hydrogens is 334 g/mol. The molecule has 4 heterocycles. The molecule has 25 heavy (non-hydrogen) atoms. The van der Waals surface area contributed by atoms with Crippen molar-refractivity contribution >= 4 is 11.8 Å². The molecule has 1 saturated heterocycles. The van der Waals surface area contributed by atoms with E-state index in [1.54, 1.807) is 16.9 Å². The van der Waals surface area contributed by atoms with Gasteiger partial charge in [0, 0.05) is 43.2 Å². The third kappa shape index (κ3) is 3.77. The molecule has 2 aromatic heterocycles. The minimum Gasteiger partial charge on any atom is -0.293 e. The van der Waals surface area contributed by atoms with Crippen molar-refractivity contribution in [1.29, 1.82) is 0 Å². The van der Waals surface area contributed by atoms with Crippen LogP contribution in [-0.4, -0.2) is 43.0 Å². The van der Waals surface area contributed by atoms with E-state index in [1.807, 2.05) is 24.9 Å². The van der Waals surface area contributed by atoms with Crippen molar-refractivity contribution in [2.24, 2.45) is 0 Å². The molecule has 0 N–H and O–H groups in total. The smallest absolute Gasteiger partial charge is 0.267 e. The molecule has 1 fully saturated rings. The lowest BCUT2D eigenvalue weighted by Crippen LogP contribution is -2.37. The Bertz CT molecular complexity index is 821. The fourth-order valence-electron chi connectivity index (χ4n) is 3.69. The van der Waals surface area contributed by atoms with Crippen LogP contribution in [0.5, 0.6) is 0 Å². The summed E-state index contributed by atoms with van der Waals surface area (Å²) < 4.78 is 1.68. The molecule has 2 aliphatic heterocycles. The highest BCUT2D eigenvalue weighted by atomic mass is 32.2. The average Bonchev–Trinajstić information content (AvgIpc) is 3.02. The van der Waals surface area contributed by atoms with Crippen LogP contribution in [0, 0.1) is 6.92 Å². The molecule has 1 atom stereocenters. The third-order valence-electron chi connectivity index (χ3n) is 4.96. The molecule has 4 rings (SSSR count). The van der Waals surface area contributed by atoms with Gasteiger partial charge in [0.25, 0.3) is 5.56 Å². The zero-order valence-electron chi connectivity index (χ0n) is 14.5. The molecule has 7 heteroatoms. The summed E-state index contributed by atoms with van der Waals surface area (Å²) in [5, 5.41) is 4.67. The number of likely N-dealkylation sites (tertiary alicyclic amines) is 1. The van der Waals surface area contributed by atoms with Crippen LogP contribution in [0.4, 0.5) is 0 Å². The summed E-state index contributed by atoms with van der Waals surface area (Å²) in [7, 11) is 0. The molecule has 6 nitrogen and oxygen atoms in total. The van der Waals surface area contributed by atoms with Crippen molar-refractivity contribution in [3.8, 4) is 0 Å². The van der Waals surface area contributed by atoms with Crippen LogP contribution in [-0.2, 0) is 25.3 Å². The minimum atomic E-state index is 0.0310. The maximum absolute atomic E-state index is 12.4. The summed E-state index contributed by atoms with van der Waals surface area (Å²) in [5.41, 5.74) is 4.19. The van der Waals surface area contributed by atoms with E-state index in [0.29, 0.717) is 12.6 Å². The Labute approximate surface area is 151 Å². The highest BCUT2D eigenvalue weighted by molar-refractivity contribution is 7.98. The van der Waals surface area contributed by atoms with Gasteiger partial charge in [0.15, 0.2) is 0 Å². The Morgan fingerprint density at radius 3 is 3.16 bits per heavy atom. The second-order valence-corrected chi connectivity index (χ2v) is 7.96. The minimum absolute atomic E-state index is 0.0310. The number of nitrogens with zero attached hydrogens (tertiary/aromatic N) is 5. The second kappa shape index (κ2) is 7.25. The number of rotatable bonds is 4. The summed E-state index contributed by atoms with van der Waals surface area (Å²) >= 11 is 1.88. The van der Waals surface area contributed by atoms with Gasteiger partial charge in [-0.3, -0.25) is 19.7 Å². The van der Waals surface area contributed by atoms with Crippen molar-refractivity contribution in [1.82, 2.24) is 24.6 Å². The molecular formula is C18H23N5OS. The van der Waals surface area contributed by atoms with E-state index in [1.165, 1.54) is 0 Å². The normalized spacial score (nSPS) is 20.6. The van der Waals surface area contributed by atoms with Crippen LogP contribution in [0.2, 0.25) is 0 Å². The molecule has 0 aromatic carbocycles. The van der Waals surface area contributed by atoms with Crippen LogP contribution in [0.1, 0.15) is 35.5 Å². The third-order valence-corrected chi connectivity index (χ3v) is 5.97. The van der Waals surface area contributed by atoms with Gasteiger partial charge in [0.1, 0.15) is 0 Å². The van der Waals surface area contributed by atoms with Gasteiger partial charge in [0.2, 0.25) is 0 Å². The van der Waals surface area contributed by atoms with Crippen molar-refractivity contribution in [3.05, 3.63) is 51.5 Å². The van der Waals surface area contributed by atoms with Gasteiger partial charge in [-0.2, -0.15) is 16.9 Å². The van der Waals surface area contributed by atoms with E-state index in [-0.39, 0.29) is 5.56 Å². The Morgan fingerprint density at radius 1 is 1.36 bits per heavy atom. The molecule has 2 aromatic rings. The van der Waals surface area contributed by atoms with Crippen molar-refractivity contribution in [2.75, 3.05) is 12.3 Å². The van der Waals surface area contributed by atoms with E-state index in [0.717, 1.165) is 66.5 Å². The first-order valence-corrected chi connectivity index (χ1v) is 10.0. The van der Waals surface area contributed by atoms with E-state index in [2.05, 4.69) is 20.0 Å². The summed E-state index contributed by atoms with van der Waals surface area (Å²) in [4.78, 5) is 23.7. The molecule has 0 aliphatic carbocycles. The fourth-order valence-corrected chi connectivity index (χ4v) is 4.64. The van der Waals surface area contributed by atoms with Crippen molar-refractivity contribution in [2.45, 2.75) is 51.1 Å². The first-order chi connectivity index (χ1) is 12.2. The number of hydrogen-bond acceptors (Lipinski definition) is 6. The van der Waals surface area contributed by atoms with Gasteiger partial charge in [-0.15, -0.1) is 0 Å². The topological polar surface area (TPSA) is 63.9 Å². The molecule has 0 radical (unpaired) electrons. The maximum Gasteiger partial charge on any atom is 0.267 e. The summed E-state index contributed by atoms with van der Waals surface area (Å²) in [6.45, 7) is 4.46. The lowest BCUT2D eigenvalue weighted by Gasteiger charge is -2.25. The number of aromatic nitrogens is 4. The van der Waals surface area contributed by atoms with Crippen LogP contribution in [0.15, 0.2) is 23.3 Å². The highest BCUT2D eigenvalue weighted by Crippen LogP contribution is 2.23. The molecule has 1 unspecified atom stereocenters. The number of aryl methyl sites for hydroxylation is 2. The maximum atomic E-state index is 12.4. The van der Waals surface area contributed by atoms with E-state index in [9.17, 15) is 4.79 Å².